The molecule has 3 rings (SSSR count). The zero-order valence-corrected chi connectivity index (χ0v) is 10.9. The molecule has 2 aromatic rings. The first-order chi connectivity index (χ1) is 8.57. The highest BCUT2D eigenvalue weighted by Crippen LogP contribution is 2.34. The first-order valence-electron chi connectivity index (χ1n) is 6.48. The van der Waals surface area contributed by atoms with Crippen LogP contribution in [-0.4, -0.2) is 30.1 Å². The van der Waals surface area contributed by atoms with Crippen molar-refractivity contribution in [3.8, 4) is 0 Å². The van der Waals surface area contributed by atoms with Gasteiger partial charge in [0.05, 0.1) is 0 Å². The Kier molecular flexibility index (Phi) is 2.68. The van der Waals surface area contributed by atoms with Gasteiger partial charge in [0.1, 0.15) is 16.9 Å². The van der Waals surface area contributed by atoms with E-state index in [1.165, 1.54) is 5.56 Å². The van der Waals surface area contributed by atoms with E-state index >= 15 is 0 Å². The molecular weight excluding hydrogens is 226 g/mol. The summed E-state index contributed by atoms with van der Waals surface area (Å²) in [5, 5.41) is 11.8. The zero-order valence-electron chi connectivity index (χ0n) is 10.9. The highest BCUT2D eigenvalue weighted by atomic mass is 16.4. The van der Waals surface area contributed by atoms with Crippen LogP contribution in [0, 0.1) is 6.92 Å². The van der Waals surface area contributed by atoms with Gasteiger partial charge in [-0.05, 0) is 51.6 Å². The molecule has 1 aliphatic rings. The molecule has 2 heterocycles. The number of hydrogen-bond acceptors (Lipinski definition) is 3. The average molecular weight is 245 g/mol. The van der Waals surface area contributed by atoms with Crippen LogP contribution in [0.5, 0.6) is 0 Å². The maximum absolute atomic E-state index is 10.7. The number of likely N-dealkylation sites (N-methyl/N-ethyl adjacent to an activating group) is 1. The lowest BCUT2D eigenvalue weighted by Gasteiger charge is -2.35. The van der Waals surface area contributed by atoms with Crippen LogP contribution in [0.25, 0.3) is 11.0 Å². The standard InChI is InChI=1S/C15H19NO2/c1-11-4-5-13-12(8-11)9-14(18-13)15(17)6-3-7-16(2)10-15/h4-5,8-9,17H,3,6-7,10H2,1-2H3. The number of aryl methyl sites for hydroxylation is 1. The number of nitrogens with zero attached hydrogens (tertiary/aromatic N) is 1. The number of aliphatic hydroxyl groups is 1. The summed E-state index contributed by atoms with van der Waals surface area (Å²) in [6, 6.07) is 8.09. The normalized spacial score (nSPS) is 25.7. The van der Waals surface area contributed by atoms with Gasteiger partial charge >= 0.3 is 0 Å². The van der Waals surface area contributed by atoms with Crippen molar-refractivity contribution in [3.05, 3.63) is 35.6 Å². The minimum atomic E-state index is -0.833. The smallest absolute Gasteiger partial charge is 0.138 e. The molecule has 1 aliphatic heterocycles. The topological polar surface area (TPSA) is 36.6 Å². The second-order valence-electron chi connectivity index (χ2n) is 5.52. The summed E-state index contributed by atoms with van der Waals surface area (Å²) >= 11 is 0. The van der Waals surface area contributed by atoms with Crippen LogP contribution < -0.4 is 0 Å². The van der Waals surface area contributed by atoms with Gasteiger partial charge in [-0.15, -0.1) is 0 Å². The molecule has 0 spiro atoms. The molecule has 1 aromatic heterocycles. The number of benzene rings is 1. The van der Waals surface area contributed by atoms with Gasteiger partial charge in [0.2, 0.25) is 0 Å². The molecule has 1 N–H and O–H groups in total. The molecule has 0 radical (unpaired) electrons. The predicted molar refractivity (Wildman–Crippen MR) is 71.6 cm³/mol. The fourth-order valence-electron chi connectivity index (χ4n) is 2.84. The third-order valence-corrected chi connectivity index (χ3v) is 3.79. The van der Waals surface area contributed by atoms with Crippen molar-refractivity contribution in [1.82, 2.24) is 4.90 Å². The highest BCUT2D eigenvalue weighted by molar-refractivity contribution is 5.78. The minimum absolute atomic E-state index is 0.645. The molecule has 96 valence electrons. The van der Waals surface area contributed by atoms with E-state index in [0.29, 0.717) is 12.3 Å². The predicted octanol–water partition coefficient (Wildman–Crippen LogP) is 2.65. The van der Waals surface area contributed by atoms with Crippen LogP contribution in [-0.2, 0) is 5.60 Å². The number of rotatable bonds is 1. The van der Waals surface area contributed by atoms with Gasteiger partial charge in [-0.2, -0.15) is 0 Å². The molecular formula is C15H19NO2. The second-order valence-corrected chi connectivity index (χ2v) is 5.52. The lowest BCUT2D eigenvalue weighted by Crippen LogP contribution is -2.43. The lowest BCUT2D eigenvalue weighted by atomic mass is 9.90. The second kappa shape index (κ2) is 4.11. The fourth-order valence-corrected chi connectivity index (χ4v) is 2.84. The molecule has 18 heavy (non-hydrogen) atoms. The van der Waals surface area contributed by atoms with Gasteiger partial charge < -0.3 is 14.4 Å². The SMILES string of the molecule is Cc1ccc2oc(C3(O)CCCN(C)C3)cc2c1. The number of furan rings is 1. The van der Waals surface area contributed by atoms with Crippen molar-refractivity contribution in [1.29, 1.82) is 0 Å². The number of fused-ring (bicyclic) bond motifs is 1. The summed E-state index contributed by atoms with van der Waals surface area (Å²) in [5.74, 6) is 0.703. The third kappa shape index (κ3) is 1.93. The summed E-state index contributed by atoms with van der Waals surface area (Å²) in [7, 11) is 2.04. The molecule has 0 aliphatic carbocycles. The molecule has 0 bridgehead atoms. The van der Waals surface area contributed by atoms with Gasteiger partial charge in [-0.3, -0.25) is 0 Å². The Balaban J connectivity index is 2.03. The Morgan fingerprint density at radius 3 is 2.94 bits per heavy atom. The van der Waals surface area contributed by atoms with Crippen molar-refractivity contribution >= 4 is 11.0 Å². The zero-order chi connectivity index (χ0) is 12.8. The first-order valence-corrected chi connectivity index (χ1v) is 6.48. The average Bonchev–Trinajstić information content (AvgIpc) is 2.72. The Hall–Kier alpha value is -1.32. The molecule has 1 fully saturated rings. The van der Waals surface area contributed by atoms with Crippen molar-refractivity contribution in [2.45, 2.75) is 25.4 Å². The molecule has 0 amide bonds. The van der Waals surface area contributed by atoms with Gasteiger partial charge in [-0.1, -0.05) is 11.6 Å². The Labute approximate surface area is 107 Å². The van der Waals surface area contributed by atoms with E-state index in [1.54, 1.807) is 0 Å². The van der Waals surface area contributed by atoms with E-state index in [4.69, 9.17) is 4.42 Å². The van der Waals surface area contributed by atoms with Gasteiger partial charge in [-0.25, -0.2) is 0 Å². The van der Waals surface area contributed by atoms with Crippen LogP contribution >= 0.6 is 0 Å². The van der Waals surface area contributed by atoms with Crippen molar-refractivity contribution in [2.75, 3.05) is 20.1 Å². The van der Waals surface area contributed by atoms with Crippen molar-refractivity contribution in [3.63, 3.8) is 0 Å². The summed E-state index contributed by atoms with van der Waals surface area (Å²) in [6.45, 7) is 3.75. The number of hydrogen-bond donors (Lipinski definition) is 1. The van der Waals surface area contributed by atoms with E-state index in [2.05, 4.69) is 17.9 Å². The molecule has 1 aromatic carbocycles. The quantitative estimate of drug-likeness (QED) is 0.839. The number of β-amino-alcohol motifs (C(OH)–C–C–N with tert-alkyl or cyclic N) is 1. The maximum atomic E-state index is 10.7. The molecule has 1 unspecified atom stereocenters. The molecule has 1 saturated heterocycles. The maximum Gasteiger partial charge on any atom is 0.138 e. The van der Waals surface area contributed by atoms with Crippen LogP contribution in [0.2, 0.25) is 0 Å². The van der Waals surface area contributed by atoms with E-state index in [-0.39, 0.29) is 0 Å². The lowest BCUT2D eigenvalue weighted by molar-refractivity contribution is -0.0429. The summed E-state index contributed by atoms with van der Waals surface area (Å²) in [5.41, 5.74) is 1.24. The van der Waals surface area contributed by atoms with E-state index in [9.17, 15) is 5.11 Å². The highest BCUT2D eigenvalue weighted by Gasteiger charge is 2.36. The van der Waals surface area contributed by atoms with Gasteiger partial charge in [0, 0.05) is 11.9 Å². The van der Waals surface area contributed by atoms with E-state index in [0.717, 1.165) is 30.4 Å². The number of piperidine rings is 1. The van der Waals surface area contributed by atoms with Gasteiger partial charge in [0.25, 0.3) is 0 Å². The van der Waals surface area contributed by atoms with Crippen LogP contribution in [0.15, 0.2) is 28.7 Å². The van der Waals surface area contributed by atoms with Crippen molar-refractivity contribution in [2.24, 2.45) is 0 Å². The fraction of sp³-hybridized carbons (Fsp3) is 0.467. The monoisotopic (exact) mass is 245 g/mol. The molecule has 3 nitrogen and oxygen atoms in total. The Morgan fingerprint density at radius 2 is 2.17 bits per heavy atom. The molecule has 1 atom stereocenters. The summed E-state index contributed by atoms with van der Waals surface area (Å²) < 4.78 is 5.84. The van der Waals surface area contributed by atoms with Crippen molar-refractivity contribution < 1.29 is 9.52 Å². The van der Waals surface area contributed by atoms with E-state index in [1.807, 2.05) is 25.2 Å². The number of likely N-dealkylation sites (tertiary alicyclic amines) is 1. The summed E-state index contributed by atoms with van der Waals surface area (Å²) in [6.07, 6.45) is 1.78. The minimum Gasteiger partial charge on any atom is -0.458 e. The van der Waals surface area contributed by atoms with Crippen LogP contribution in [0.1, 0.15) is 24.2 Å². The van der Waals surface area contributed by atoms with Crippen LogP contribution in [0.4, 0.5) is 0 Å². The first kappa shape index (κ1) is 11.8. The third-order valence-electron chi connectivity index (χ3n) is 3.79. The summed E-state index contributed by atoms with van der Waals surface area (Å²) in [4.78, 5) is 2.15. The Morgan fingerprint density at radius 1 is 1.33 bits per heavy atom. The van der Waals surface area contributed by atoms with E-state index < -0.39 is 5.60 Å². The van der Waals surface area contributed by atoms with Crippen LogP contribution in [0.3, 0.4) is 0 Å². The molecule has 0 saturated carbocycles. The molecule has 3 heteroatoms. The van der Waals surface area contributed by atoms with Gasteiger partial charge in [0.15, 0.2) is 0 Å². The Bertz CT molecular complexity index is 575. The largest absolute Gasteiger partial charge is 0.458 e.